The maximum atomic E-state index is 13.1. The molecule has 0 bridgehead atoms. The first-order valence-electron chi connectivity index (χ1n) is 10.0. The van der Waals surface area contributed by atoms with E-state index in [1.54, 1.807) is 7.11 Å². The molecule has 0 aliphatic heterocycles. The van der Waals surface area contributed by atoms with Crippen molar-refractivity contribution in [1.82, 2.24) is 9.69 Å². The van der Waals surface area contributed by atoms with E-state index in [4.69, 9.17) is 16.2 Å². The van der Waals surface area contributed by atoms with Crippen LogP contribution >= 0.6 is 43.4 Å². The Morgan fingerprint density at radius 1 is 1.34 bits per heavy atom. The lowest BCUT2D eigenvalue weighted by Gasteiger charge is -2.25. The van der Waals surface area contributed by atoms with Crippen molar-refractivity contribution >= 4 is 55.3 Å². The Labute approximate surface area is 207 Å². The summed E-state index contributed by atoms with van der Waals surface area (Å²) in [6, 6.07) is 7.20. The van der Waals surface area contributed by atoms with Crippen LogP contribution in [0.3, 0.4) is 0 Å². The summed E-state index contributed by atoms with van der Waals surface area (Å²) in [6.45, 7) is 1.87. The van der Waals surface area contributed by atoms with Crippen LogP contribution in [0.2, 0.25) is 0 Å². The number of nitrogens with one attached hydrogen (secondary N) is 1. The van der Waals surface area contributed by atoms with Gasteiger partial charge < -0.3 is 16.2 Å². The molecule has 1 aromatic heterocycles. The van der Waals surface area contributed by atoms with Gasteiger partial charge in [-0.15, -0.1) is 0 Å². The summed E-state index contributed by atoms with van der Waals surface area (Å²) < 4.78 is 10.6. The number of alkyl halides is 1. The van der Waals surface area contributed by atoms with Gasteiger partial charge in [0.15, 0.2) is 5.96 Å². The monoisotopic (exact) mass is 579 g/mol. The van der Waals surface area contributed by atoms with Gasteiger partial charge >= 0.3 is 0 Å². The van der Waals surface area contributed by atoms with Crippen molar-refractivity contribution in [2.24, 2.45) is 16.5 Å². The number of halogens is 2. The number of ether oxygens (including phenoxy) is 1. The van der Waals surface area contributed by atoms with Gasteiger partial charge in [0.1, 0.15) is 5.75 Å². The quantitative estimate of drug-likeness (QED) is 0.287. The number of nitrogens with two attached hydrogens (primary N) is 2. The largest absolute Gasteiger partial charge is 0.497 e. The molecule has 2 aliphatic rings. The summed E-state index contributed by atoms with van der Waals surface area (Å²) in [6.07, 6.45) is 3.74. The molecule has 0 radical (unpaired) electrons. The molecule has 2 aromatic rings. The zero-order valence-corrected chi connectivity index (χ0v) is 21.6. The molecular formula is C22H23Br2N5O2S. The number of nitrogens with zero attached hydrogens (tertiary/aromatic N) is 2. The third kappa shape index (κ3) is 4.41. The van der Waals surface area contributed by atoms with E-state index in [0.29, 0.717) is 11.3 Å². The zero-order valence-electron chi connectivity index (χ0n) is 17.6. The fraction of sp³-hybridized carbons (Fsp3) is 0.318. The lowest BCUT2D eigenvalue weighted by Crippen LogP contribution is -2.38. The molecule has 1 aromatic carbocycles. The predicted molar refractivity (Wildman–Crippen MR) is 136 cm³/mol. The molecule has 5 N–H and O–H groups in total. The van der Waals surface area contributed by atoms with E-state index in [1.807, 2.05) is 37.3 Å². The van der Waals surface area contributed by atoms with Crippen LogP contribution in [0.15, 0.2) is 51.0 Å². The Morgan fingerprint density at radius 3 is 2.75 bits per heavy atom. The van der Waals surface area contributed by atoms with Crippen molar-refractivity contribution in [2.45, 2.75) is 36.7 Å². The zero-order chi connectivity index (χ0) is 23.0. The van der Waals surface area contributed by atoms with Crippen molar-refractivity contribution in [1.29, 1.82) is 0 Å². The van der Waals surface area contributed by atoms with Crippen molar-refractivity contribution in [3.63, 3.8) is 0 Å². The number of methoxy groups -OCH3 is 1. The number of amides is 1. The van der Waals surface area contributed by atoms with Crippen LogP contribution in [0.4, 0.5) is 0 Å². The number of carbonyl (C=O) groups excluding carboxylic acids is 1. The van der Waals surface area contributed by atoms with Gasteiger partial charge in [0, 0.05) is 14.9 Å². The number of hydrogen-bond donors (Lipinski definition) is 3. The molecule has 0 fully saturated rings. The molecule has 32 heavy (non-hydrogen) atoms. The third-order valence-corrected chi connectivity index (χ3v) is 8.30. The number of aromatic nitrogens is 1. The number of aryl methyl sites for hydroxylation is 1. The highest BCUT2D eigenvalue weighted by molar-refractivity contribution is 9.12. The summed E-state index contributed by atoms with van der Waals surface area (Å²) in [7, 11) is 1.61. The van der Waals surface area contributed by atoms with E-state index >= 15 is 0 Å². The Hall–Kier alpha value is -2.01. The molecule has 3 atom stereocenters. The van der Waals surface area contributed by atoms with Gasteiger partial charge in [-0.3, -0.25) is 10.1 Å². The summed E-state index contributed by atoms with van der Waals surface area (Å²) in [5, 5.41) is 2.75. The summed E-state index contributed by atoms with van der Waals surface area (Å²) in [5.74, 6) is 0.505. The van der Waals surface area contributed by atoms with Gasteiger partial charge in [-0.25, -0.2) is 4.99 Å². The molecule has 10 heteroatoms. The lowest BCUT2D eigenvalue weighted by atomic mass is 9.96. The molecule has 7 nitrogen and oxygen atoms in total. The van der Waals surface area contributed by atoms with Gasteiger partial charge in [0.05, 0.1) is 35.3 Å². The summed E-state index contributed by atoms with van der Waals surface area (Å²) >= 11 is 8.52. The van der Waals surface area contributed by atoms with Crippen molar-refractivity contribution in [2.75, 3.05) is 7.11 Å². The minimum absolute atomic E-state index is 0.0690. The predicted octanol–water partition coefficient (Wildman–Crippen LogP) is 4.01. The van der Waals surface area contributed by atoms with E-state index in [1.165, 1.54) is 17.1 Å². The number of rotatable bonds is 4. The first kappa shape index (κ1) is 23.2. The van der Waals surface area contributed by atoms with Gasteiger partial charge in [-0.2, -0.15) is 4.37 Å². The molecule has 3 unspecified atom stereocenters. The molecule has 0 saturated carbocycles. The van der Waals surface area contributed by atoms with Gasteiger partial charge in [-0.1, -0.05) is 31.9 Å². The second kappa shape index (κ2) is 9.46. The van der Waals surface area contributed by atoms with E-state index in [2.05, 4.69) is 46.5 Å². The standard InChI is InChI=1S/C22H23Br2N5O2S/c1-10-17(20(29-32-10)11-3-5-12(31-2)6-4-11)21(30)28-22(26)27-16-8-7-13-14(16)9-15(23)19(25)18(13)24/h3-6,9,16,18-19H,7-8,25H2,1-2H3,(H3,26,27,28,30). The molecule has 0 spiro atoms. The van der Waals surface area contributed by atoms with Crippen LogP contribution in [0.25, 0.3) is 11.3 Å². The summed E-state index contributed by atoms with van der Waals surface area (Å²) in [4.78, 5) is 18.6. The van der Waals surface area contributed by atoms with Crippen molar-refractivity contribution < 1.29 is 9.53 Å². The SMILES string of the molecule is COc1ccc(-c2nsc(C)c2C(=O)NC(N)=NC2CCC3=C2C=C(Br)C(N)C3Br)cc1. The van der Waals surface area contributed by atoms with E-state index in [9.17, 15) is 4.79 Å². The molecule has 1 heterocycles. The van der Waals surface area contributed by atoms with Crippen LogP contribution in [0.5, 0.6) is 5.75 Å². The van der Waals surface area contributed by atoms with Gasteiger partial charge in [-0.05, 0) is 72.8 Å². The van der Waals surface area contributed by atoms with Crippen LogP contribution < -0.4 is 21.5 Å². The molecule has 4 rings (SSSR count). The summed E-state index contributed by atoms with van der Waals surface area (Å²) in [5.41, 5.74) is 16.6. The number of aliphatic imine (C=N–C) groups is 1. The Bertz CT molecular complexity index is 1140. The van der Waals surface area contributed by atoms with Crippen LogP contribution in [-0.2, 0) is 0 Å². The van der Waals surface area contributed by atoms with Gasteiger partial charge in [0.2, 0.25) is 0 Å². The fourth-order valence-electron chi connectivity index (χ4n) is 3.99. The first-order valence-corrected chi connectivity index (χ1v) is 12.5. The first-order chi connectivity index (χ1) is 15.3. The highest BCUT2D eigenvalue weighted by Gasteiger charge is 2.35. The Kier molecular flexibility index (Phi) is 6.85. The van der Waals surface area contributed by atoms with Crippen molar-refractivity contribution in [3.8, 4) is 17.0 Å². The number of hydrogen-bond acceptors (Lipinski definition) is 6. The van der Waals surface area contributed by atoms with E-state index in [-0.39, 0.29) is 28.8 Å². The smallest absolute Gasteiger partial charge is 0.261 e. The van der Waals surface area contributed by atoms with Gasteiger partial charge in [0.25, 0.3) is 5.91 Å². The maximum absolute atomic E-state index is 13.1. The number of guanidine groups is 1. The Morgan fingerprint density at radius 2 is 2.06 bits per heavy atom. The molecule has 168 valence electrons. The topological polar surface area (TPSA) is 116 Å². The maximum Gasteiger partial charge on any atom is 0.261 e. The lowest BCUT2D eigenvalue weighted by molar-refractivity contribution is 0.0977. The van der Waals surface area contributed by atoms with Crippen LogP contribution in [-0.4, -0.2) is 40.3 Å². The highest BCUT2D eigenvalue weighted by Crippen LogP contribution is 2.41. The van der Waals surface area contributed by atoms with Crippen LogP contribution in [0, 0.1) is 6.92 Å². The highest BCUT2D eigenvalue weighted by atomic mass is 79.9. The minimum atomic E-state index is -0.323. The third-order valence-electron chi connectivity index (χ3n) is 5.67. The minimum Gasteiger partial charge on any atom is -0.497 e. The fourth-order valence-corrected chi connectivity index (χ4v) is 6.34. The average molecular weight is 581 g/mol. The van der Waals surface area contributed by atoms with E-state index in [0.717, 1.165) is 39.1 Å². The van der Waals surface area contributed by atoms with Crippen molar-refractivity contribution in [3.05, 3.63) is 56.4 Å². The second-order valence-electron chi connectivity index (χ2n) is 7.65. The normalized spacial score (nSPS) is 23.1. The number of benzene rings is 1. The molecule has 1 amide bonds. The number of carbonyl (C=O) groups is 1. The molecule has 2 aliphatic carbocycles. The van der Waals surface area contributed by atoms with E-state index < -0.39 is 0 Å². The van der Waals surface area contributed by atoms with Crippen LogP contribution in [0.1, 0.15) is 28.1 Å². The average Bonchev–Trinajstić information content (AvgIpc) is 3.35. The Balaban J connectivity index is 1.54. The molecular weight excluding hydrogens is 558 g/mol. The second-order valence-corrected chi connectivity index (χ2v) is 10.5. The molecule has 0 saturated heterocycles.